The van der Waals surface area contributed by atoms with E-state index in [4.69, 9.17) is 19.9 Å². The quantitative estimate of drug-likeness (QED) is 0.877. The van der Waals surface area contributed by atoms with Gasteiger partial charge < -0.3 is 19.9 Å². The molecule has 0 bridgehead atoms. The number of carbonyl (C=O) groups is 1. The molecule has 136 valence electrons. The molecule has 0 spiro atoms. The lowest BCUT2D eigenvalue weighted by molar-refractivity contribution is 0.0635. The number of pyridine rings is 2. The summed E-state index contributed by atoms with van der Waals surface area (Å²) in [6, 6.07) is 3.33. The number of amides is 1. The average molecular weight is 348 g/mol. The summed E-state index contributed by atoms with van der Waals surface area (Å²) in [7, 11) is 3.07. The summed E-state index contributed by atoms with van der Waals surface area (Å²) < 4.78 is 15.0. The highest BCUT2D eigenvalue weighted by atomic mass is 16.6. The molecule has 0 aliphatic heterocycles. The van der Waals surface area contributed by atoms with Crippen molar-refractivity contribution in [2.24, 2.45) is 0 Å². The number of ether oxygens (including phenoxy) is 3. The van der Waals surface area contributed by atoms with Crippen LogP contribution in [-0.2, 0) is 4.74 Å². The van der Waals surface area contributed by atoms with E-state index in [1.807, 2.05) is 0 Å². The predicted octanol–water partition coefficient (Wildman–Crippen LogP) is 3.11. The molecule has 0 aliphatic rings. The fraction of sp³-hybridized carbons (Fsp3) is 0.353. The number of nitrogens with two attached hydrogens (primary N) is 1. The molecular weight excluding hydrogens is 324 g/mol. The molecular formula is C17H24N4O4. The molecule has 0 unspecified atom stereocenters. The third kappa shape index (κ3) is 7.38. The van der Waals surface area contributed by atoms with Gasteiger partial charge in [0.1, 0.15) is 5.60 Å². The Morgan fingerprint density at radius 3 is 2.08 bits per heavy atom. The molecule has 0 saturated heterocycles. The van der Waals surface area contributed by atoms with Crippen molar-refractivity contribution in [1.82, 2.24) is 9.97 Å². The number of nitrogen functional groups attached to an aromatic ring is 1. The van der Waals surface area contributed by atoms with Gasteiger partial charge in [0.2, 0.25) is 0 Å². The minimum Gasteiger partial charge on any atom is -0.493 e. The summed E-state index contributed by atoms with van der Waals surface area (Å²) in [6.45, 7) is 5.41. The van der Waals surface area contributed by atoms with Crippen molar-refractivity contribution in [2.45, 2.75) is 26.4 Å². The number of nitrogens with zero attached hydrogens (tertiary/aromatic N) is 2. The highest BCUT2D eigenvalue weighted by molar-refractivity contribution is 5.86. The lowest BCUT2D eigenvalue weighted by Gasteiger charge is -2.20. The van der Waals surface area contributed by atoms with Crippen molar-refractivity contribution in [3.63, 3.8) is 0 Å². The maximum atomic E-state index is 11.5. The summed E-state index contributed by atoms with van der Waals surface area (Å²) in [6.07, 6.45) is 5.77. The second-order valence-electron chi connectivity index (χ2n) is 5.82. The van der Waals surface area contributed by atoms with Crippen LogP contribution in [0.3, 0.4) is 0 Å². The van der Waals surface area contributed by atoms with Gasteiger partial charge >= 0.3 is 6.09 Å². The van der Waals surface area contributed by atoms with E-state index in [-0.39, 0.29) is 0 Å². The Kier molecular flexibility index (Phi) is 7.45. The highest BCUT2D eigenvalue weighted by Crippen LogP contribution is 2.22. The second kappa shape index (κ2) is 9.31. The van der Waals surface area contributed by atoms with Gasteiger partial charge in [0.25, 0.3) is 0 Å². The fourth-order valence-electron chi connectivity index (χ4n) is 1.62. The molecule has 0 radical (unpaired) electrons. The maximum absolute atomic E-state index is 11.5. The molecule has 3 N–H and O–H groups in total. The Labute approximate surface area is 147 Å². The predicted molar refractivity (Wildman–Crippen MR) is 95.8 cm³/mol. The maximum Gasteiger partial charge on any atom is 0.412 e. The smallest absolute Gasteiger partial charge is 0.412 e. The first-order valence-electron chi connectivity index (χ1n) is 7.48. The molecule has 0 aliphatic carbocycles. The zero-order chi connectivity index (χ0) is 18.9. The molecule has 0 aromatic carbocycles. The molecule has 2 heterocycles. The largest absolute Gasteiger partial charge is 0.493 e. The molecule has 2 rings (SSSR count). The van der Waals surface area contributed by atoms with Gasteiger partial charge in [-0.25, -0.2) is 4.79 Å². The molecule has 2 aromatic rings. The number of methoxy groups -OCH3 is 2. The molecule has 0 atom stereocenters. The van der Waals surface area contributed by atoms with Crippen molar-refractivity contribution in [2.75, 3.05) is 25.3 Å². The van der Waals surface area contributed by atoms with Gasteiger partial charge in [-0.2, -0.15) is 0 Å². The molecule has 0 saturated carbocycles. The standard InChI is InChI=1S/C11H16N2O3.C6H8N2O/c1-11(2,3)16-10(14)13-8-5-6-12-7-9(8)15-4;1-9-6-4-8-3-2-5(6)7/h5-7H,1-4H3,(H,12,13,14);2-4H,1H3,(H2,7,8). The molecule has 1 amide bonds. The first-order chi connectivity index (χ1) is 11.8. The van der Waals surface area contributed by atoms with Gasteiger partial charge in [-0.15, -0.1) is 0 Å². The Morgan fingerprint density at radius 1 is 1.04 bits per heavy atom. The number of hydrogen-bond acceptors (Lipinski definition) is 7. The zero-order valence-electron chi connectivity index (χ0n) is 15.1. The van der Waals surface area contributed by atoms with Crippen LogP contribution in [0.5, 0.6) is 11.5 Å². The van der Waals surface area contributed by atoms with Crippen LogP contribution in [0.1, 0.15) is 20.8 Å². The molecule has 8 nitrogen and oxygen atoms in total. The first kappa shape index (κ1) is 20.0. The number of carbonyl (C=O) groups excluding carboxylic acids is 1. The van der Waals surface area contributed by atoms with Crippen molar-refractivity contribution in [1.29, 1.82) is 0 Å². The summed E-state index contributed by atoms with van der Waals surface area (Å²) >= 11 is 0. The topological polar surface area (TPSA) is 109 Å². The Morgan fingerprint density at radius 2 is 1.60 bits per heavy atom. The van der Waals surface area contributed by atoms with E-state index < -0.39 is 11.7 Å². The molecule has 2 aromatic heterocycles. The van der Waals surface area contributed by atoms with Gasteiger partial charge in [0.05, 0.1) is 38.0 Å². The second-order valence-corrected chi connectivity index (χ2v) is 5.82. The minimum atomic E-state index is -0.523. The van der Waals surface area contributed by atoms with Gasteiger partial charge in [-0.1, -0.05) is 0 Å². The molecule has 0 fully saturated rings. The van der Waals surface area contributed by atoms with Crippen LogP contribution in [0, 0.1) is 0 Å². The third-order valence-electron chi connectivity index (χ3n) is 2.68. The van der Waals surface area contributed by atoms with E-state index >= 15 is 0 Å². The Hall–Kier alpha value is -3.03. The van der Waals surface area contributed by atoms with Crippen molar-refractivity contribution in [3.8, 4) is 11.5 Å². The van der Waals surface area contributed by atoms with Crippen LogP contribution in [-0.4, -0.2) is 35.9 Å². The monoisotopic (exact) mass is 348 g/mol. The average Bonchev–Trinajstić information content (AvgIpc) is 2.54. The Balaban J connectivity index is 0.000000293. The molecule has 8 heteroatoms. The highest BCUT2D eigenvalue weighted by Gasteiger charge is 2.17. The number of anilines is 2. The van der Waals surface area contributed by atoms with Crippen molar-refractivity contribution >= 4 is 17.5 Å². The van der Waals surface area contributed by atoms with E-state index in [2.05, 4.69) is 15.3 Å². The van der Waals surface area contributed by atoms with Crippen molar-refractivity contribution < 1.29 is 19.0 Å². The van der Waals surface area contributed by atoms with E-state index in [1.54, 1.807) is 58.6 Å². The lowest BCUT2D eigenvalue weighted by Crippen LogP contribution is -2.27. The summed E-state index contributed by atoms with van der Waals surface area (Å²) in [4.78, 5) is 19.2. The van der Waals surface area contributed by atoms with Crippen LogP contribution in [0.4, 0.5) is 16.2 Å². The van der Waals surface area contributed by atoms with Gasteiger partial charge in [-0.3, -0.25) is 15.3 Å². The molecule has 25 heavy (non-hydrogen) atoms. The number of hydrogen-bond donors (Lipinski definition) is 2. The minimum absolute atomic E-state index is 0.494. The van der Waals surface area contributed by atoms with Gasteiger partial charge in [0.15, 0.2) is 11.5 Å². The number of nitrogens with one attached hydrogen (secondary N) is 1. The van der Waals surface area contributed by atoms with E-state index in [9.17, 15) is 4.79 Å². The van der Waals surface area contributed by atoms with E-state index in [0.717, 1.165) is 0 Å². The summed E-state index contributed by atoms with van der Waals surface area (Å²) in [5, 5.41) is 2.59. The van der Waals surface area contributed by atoms with Gasteiger partial charge in [0, 0.05) is 12.4 Å². The van der Waals surface area contributed by atoms with Crippen LogP contribution < -0.4 is 20.5 Å². The summed E-state index contributed by atoms with van der Waals surface area (Å²) in [5.74, 6) is 1.12. The lowest BCUT2D eigenvalue weighted by atomic mass is 10.2. The van der Waals surface area contributed by atoms with Crippen LogP contribution in [0.15, 0.2) is 36.9 Å². The normalized spacial score (nSPS) is 10.1. The summed E-state index contributed by atoms with van der Waals surface area (Å²) in [5.41, 5.74) is 6.09. The number of rotatable bonds is 3. The van der Waals surface area contributed by atoms with Gasteiger partial charge in [-0.05, 0) is 32.9 Å². The SMILES string of the molecule is COc1cnccc1N.COc1cnccc1NC(=O)OC(C)(C)C. The van der Waals surface area contributed by atoms with E-state index in [1.165, 1.54) is 13.3 Å². The zero-order valence-corrected chi connectivity index (χ0v) is 15.1. The number of aromatic nitrogens is 2. The first-order valence-corrected chi connectivity index (χ1v) is 7.48. The van der Waals surface area contributed by atoms with Crippen LogP contribution in [0.2, 0.25) is 0 Å². The fourth-order valence-corrected chi connectivity index (χ4v) is 1.62. The van der Waals surface area contributed by atoms with E-state index in [0.29, 0.717) is 22.9 Å². The van der Waals surface area contributed by atoms with Crippen molar-refractivity contribution in [3.05, 3.63) is 36.9 Å². The third-order valence-corrected chi connectivity index (χ3v) is 2.68. The van der Waals surface area contributed by atoms with Crippen LogP contribution in [0.25, 0.3) is 0 Å². The Bertz CT molecular complexity index is 686. The van der Waals surface area contributed by atoms with Crippen LogP contribution >= 0.6 is 0 Å².